The number of anilines is 2. The number of carbonyl (C=O) groups is 2. The molecule has 2 aliphatic heterocycles. The standard InChI is InChI=1S/C31H41N5O3/c1-5-35(6-2)13-12-32-29(37)25-20(4)33-28-23(17-31(27(25)28)10-7-11-31)26-22-16-21(8-9-24(22)34-30(26)38)36-14-15-39-18-19(36)3/h8-9,16,19,33H,5-7,10-15,17-18H2,1-4H3,(H,32,37)(H,34,38)/b26-23-/t19-/m0/s1. The Balaban J connectivity index is 1.38. The fourth-order valence-corrected chi connectivity index (χ4v) is 7.12. The van der Waals surface area contributed by atoms with Gasteiger partial charge in [-0.15, -0.1) is 0 Å². The van der Waals surface area contributed by atoms with Crippen LogP contribution in [-0.2, 0) is 14.9 Å². The van der Waals surface area contributed by atoms with Crippen LogP contribution in [0.2, 0.25) is 0 Å². The highest BCUT2D eigenvalue weighted by molar-refractivity contribution is 6.37. The summed E-state index contributed by atoms with van der Waals surface area (Å²) in [5, 5.41) is 6.30. The van der Waals surface area contributed by atoms with Gasteiger partial charge in [0.25, 0.3) is 11.8 Å². The average Bonchev–Trinajstić information content (AvgIpc) is 3.53. The van der Waals surface area contributed by atoms with Gasteiger partial charge in [0.2, 0.25) is 0 Å². The van der Waals surface area contributed by atoms with Crippen LogP contribution < -0.4 is 15.5 Å². The molecule has 6 rings (SSSR count). The van der Waals surface area contributed by atoms with Crippen LogP contribution in [0, 0.1) is 6.92 Å². The molecule has 3 N–H and O–H groups in total. The number of fused-ring (bicyclic) bond motifs is 3. The van der Waals surface area contributed by atoms with E-state index in [2.05, 4.69) is 58.3 Å². The third kappa shape index (κ3) is 4.28. The Morgan fingerprint density at radius 3 is 2.74 bits per heavy atom. The summed E-state index contributed by atoms with van der Waals surface area (Å²) >= 11 is 0. The quantitative estimate of drug-likeness (QED) is 0.464. The molecule has 8 heteroatoms. The van der Waals surface area contributed by atoms with Crippen molar-refractivity contribution in [2.75, 3.05) is 56.2 Å². The molecule has 1 saturated heterocycles. The fourth-order valence-electron chi connectivity index (χ4n) is 7.12. The van der Waals surface area contributed by atoms with Crippen molar-refractivity contribution in [3.63, 3.8) is 0 Å². The number of allylic oxidation sites excluding steroid dienone is 1. The Morgan fingerprint density at radius 2 is 2.05 bits per heavy atom. The van der Waals surface area contributed by atoms with Gasteiger partial charge in [0.1, 0.15) is 0 Å². The highest BCUT2D eigenvalue weighted by Crippen LogP contribution is 2.60. The molecule has 4 aliphatic rings. The van der Waals surface area contributed by atoms with E-state index in [-0.39, 0.29) is 23.3 Å². The molecule has 208 valence electrons. The van der Waals surface area contributed by atoms with Crippen LogP contribution in [0.4, 0.5) is 11.4 Å². The molecule has 1 atom stereocenters. The summed E-state index contributed by atoms with van der Waals surface area (Å²) in [4.78, 5) is 35.3. The second-order valence-corrected chi connectivity index (χ2v) is 11.6. The van der Waals surface area contributed by atoms with Gasteiger partial charge in [-0.25, -0.2) is 0 Å². The van der Waals surface area contributed by atoms with Crippen molar-refractivity contribution in [2.45, 2.75) is 64.8 Å². The molecule has 0 unspecified atom stereocenters. The number of hydrogen-bond acceptors (Lipinski definition) is 5. The van der Waals surface area contributed by atoms with Crippen LogP contribution in [0.5, 0.6) is 0 Å². The molecule has 39 heavy (non-hydrogen) atoms. The van der Waals surface area contributed by atoms with Gasteiger partial charge in [0.05, 0.1) is 24.4 Å². The number of aryl methyl sites for hydroxylation is 1. The number of benzene rings is 1. The lowest BCUT2D eigenvalue weighted by atomic mass is 9.64. The first kappa shape index (κ1) is 26.1. The number of nitrogens with zero attached hydrogens (tertiary/aromatic N) is 2. The lowest BCUT2D eigenvalue weighted by Crippen LogP contribution is -2.43. The normalized spacial score (nSPS) is 23.2. The SMILES string of the molecule is CCN(CC)CCNC(=O)c1c(C)[nH]c2c1C1(CCC1)C/C2=C1/C(=O)Nc2ccc(N3CCOC[C@@H]3C)cc21. The molecule has 1 aromatic heterocycles. The molecule has 2 aliphatic carbocycles. The monoisotopic (exact) mass is 531 g/mol. The van der Waals surface area contributed by atoms with Crippen molar-refractivity contribution < 1.29 is 14.3 Å². The minimum atomic E-state index is -0.0622. The molecule has 0 bridgehead atoms. The number of nitrogens with one attached hydrogen (secondary N) is 3. The van der Waals surface area contributed by atoms with Crippen molar-refractivity contribution in [1.29, 1.82) is 0 Å². The zero-order chi connectivity index (χ0) is 27.3. The van der Waals surface area contributed by atoms with E-state index in [0.717, 1.165) is 102 Å². The largest absolute Gasteiger partial charge is 0.377 e. The maximum absolute atomic E-state index is 13.6. The summed E-state index contributed by atoms with van der Waals surface area (Å²) in [7, 11) is 0. The van der Waals surface area contributed by atoms with E-state index in [1.54, 1.807) is 0 Å². The first-order chi connectivity index (χ1) is 18.9. The Kier molecular flexibility index (Phi) is 6.79. The number of amides is 2. The average molecular weight is 532 g/mol. The number of aromatic amines is 1. The number of morpholine rings is 1. The van der Waals surface area contributed by atoms with Gasteiger partial charge in [0, 0.05) is 59.4 Å². The number of H-pyrrole nitrogens is 1. The minimum absolute atomic E-state index is 0.00505. The molecule has 1 spiro atoms. The second kappa shape index (κ2) is 10.1. The van der Waals surface area contributed by atoms with Gasteiger partial charge in [-0.2, -0.15) is 0 Å². The van der Waals surface area contributed by atoms with Gasteiger partial charge in [-0.3, -0.25) is 9.59 Å². The van der Waals surface area contributed by atoms with Crippen LogP contribution in [-0.4, -0.2) is 73.7 Å². The molecular formula is C31H41N5O3. The summed E-state index contributed by atoms with van der Waals surface area (Å²) in [6, 6.07) is 6.58. The lowest BCUT2D eigenvalue weighted by molar-refractivity contribution is -0.110. The summed E-state index contributed by atoms with van der Waals surface area (Å²) < 4.78 is 5.65. The molecule has 1 saturated carbocycles. The number of hydrogen-bond donors (Lipinski definition) is 3. The van der Waals surface area contributed by atoms with E-state index >= 15 is 0 Å². The van der Waals surface area contributed by atoms with Gasteiger partial charge >= 0.3 is 0 Å². The van der Waals surface area contributed by atoms with Gasteiger partial charge < -0.3 is 30.2 Å². The van der Waals surface area contributed by atoms with Crippen molar-refractivity contribution >= 4 is 34.3 Å². The van der Waals surface area contributed by atoms with E-state index in [4.69, 9.17) is 4.74 Å². The third-order valence-corrected chi connectivity index (χ3v) is 9.43. The molecule has 2 aromatic rings. The summed E-state index contributed by atoms with van der Waals surface area (Å²) in [6.45, 7) is 14.1. The number of rotatable bonds is 7. The lowest BCUT2D eigenvalue weighted by Gasteiger charge is -2.39. The van der Waals surface area contributed by atoms with Crippen molar-refractivity contribution in [2.24, 2.45) is 0 Å². The Morgan fingerprint density at radius 1 is 1.26 bits per heavy atom. The predicted octanol–water partition coefficient (Wildman–Crippen LogP) is 4.31. The van der Waals surface area contributed by atoms with Crippen LogP contribution >= 0.6 is 0 Å². The summed E-state index contributed by atoms with van der Waals surface area (Å²) in [5.74, 6) is -0.0541. The van der Waals surface area contributed by atoms with E-state index < -0.39 is 0 Å². The number of aromatic nitrogens is 1. The Bertz CT molecular complexity index is 1330. The summed E-state index contributed by atoms with van der Waals surface area (Å²) in [6.07, 6.45) is 4.05. The van der Waals surface area contributed by atoms with Crippen LogP contribution in [0.15, 0.2) is 18.2 Å². The molecule has 0 radical (unpaired) electrons. The summed E-state index contributed by atoms with van der Waals surface area (Å²) in [5.41, 5.74) is 8.49. The maximum Gasteiger partial charge on any atom is 0.256 e. The second-order valence-electron chi connectivity index (χ2n) is 11.6. The third-order valence-electron chi connectivity index (χ3n) is 9.43. The highest BCUT2D eigenvalue weighted by atomic mass is 16.5. The molecule has 1 aromatic carbocycles. The van der Waals surface area contributed by atoms with Crippen LogP contribution in [0.1, 0.15) is 79.3 Å². The van der Waals surface area contributed by atoms with Gasteiger partial charge in [-0.05, 0) is 75.5 Å². The molecule has 8 nitrogen and oxygen atoms in total. The van der Waals surface area contributed by atoms with E-state index in [1.807, 2.05) is 13.0 Å². The molecular weight excluding hydrogens is 490 g/mol. The van der Waals surface area contributed by atoms with Crippen molar-refractivity contribution in [3.8, 4) is 0 Å². The zero-order valence-corrected chi connectivity index (χ0v) is 23.7. The first-order valence-electron chi connectivity index (χ1n) is 14.6. The van der Waals surface area contributed by atoms with Crippen molar-refractivity contribution in [1.82, 2.24) is 15.2 Å². The topological polar surface area (TPSA) is 89.7 Å². The number of carbonyl (C=O) groups excluding carboxylic acids is 2. The highest BCUT2D eigenvalue weighted by Gasteiger charge is 2.51. The first-order valence-corrected chi connectivity index (χ1v) is 14.6. The smallest absolute Gasteiger partial charge is 0.256 e. The zero-order valence-electron chi connectivity index (χ0n) is 23.7. The van der Waals surface area contributed by atoms with Gasteiger partial charge in [-0.1, -0.05) is 20.3 Å². The Hall–Kier alpha value is -3.10. The predicted molar refractivity (Wildman–Crippen MR) is 155 cm³/mol. The van der Waals surface area contributed by atoms with Gasteiger partial charge in [0.15, 0.2) is 0 Å². The number of ether oxygens (including phenoxy) is 1. The van der Waals surface area contributed by atoms with Crippen LogP contribution in [0.3, 0.4) is 0 Å². The molecule has 3 heterocycles. The fraction of sp³-hybridized carbons (Fsp3) is 0.548. The van der Waals surface area contributed by atoms with E-state index in [0.29, 0.717) is 19.8 Å². The van der Waals surface area contributed by atoms with E-state index in [1.165, 1.54) is 0 Å². The molecule has 2 amide bonds. The van der Waals surface area contributed by atoms with E-state index in [9.17, 15) is 9.59 Å². The van der Waals surface area contributed by atoms with Crippen LogP contribution in [0.25, 0.3) is 11.1 Å². The minimum Gasteiger partial charge on any atom is -0.377 e. The Labute approximate surface area is 231 Å². The number of likely N-dealkylation sites (N-methyl/N-ethyl adjacent to an activating group) is 1. The maximum atomic E-state index is 13.6. The molecule has 2 fully saturated rings. The van der Waals surface area contributed by atoms with Crippen molar-refractivity contribution in [3.05, 3.63) is 46.3 Å².